The summed E-state index contributed by atoms with van der Waals surface area (Å²) in [7, 11) is 0. The zero-order valence-electron chi connectivity index (χ0n) is 13.7. The number of carbonyl (C=O) groups excluding carboxylic acids is 1. The first-order chi connectivity index (χ1) is 11.1. The second kappa shape index (κ2) is 8.11. The Bertz CT molecular complexity index is 534. The quantitative estimate of drug-likeness (QED) is 0.722. The Labute approximate surface area is 137 Å². The third kappa shape index (κ3) is 4.55. The van der Waals surface area contributed by atoms with E-state index in [9.17, 15) is 9.59 Å². The fourth-order valence-electron chi connectivity index (χ4n) is 3.08. The van der Waals surface area contributed by atoms with Crippen molar-refractivity contribution in [2.24, 2.45) is 0 Å². The molecule has 1 fully saturated rings. The highest BCUT2D eigenvalue weighted by atomic mass is 16.4. The summed E-state index contributed by atoms with van der Waals surface area (Å²) in [6, 6.07) is 6.81. The Kier molecular flexibility index (Phi) is 6.16. The lowest BCUT2D eigenvalue weighted by Gasteiger charge is -2.37. The molecule has 0 saturated heterocycles. The standard InChI is InChI=1S/C18H26N2O3/c1-2-12-19-17(23)18(10-4-3-5-11-18)20-13-14-6-8-15(9-7-14)16(21)22/h6-9,20H,2-5,10-13H2,1H3,(H,19,23)(H,21,22). The summed E-state index contributed by atoms with van der Waals surface area (Å²) in [6.07, 6.45) is 5.94. The molecular formula is C18H26N2O3. The van der Waals surface area contributed by atoms with E-state index in [1.54, 1.807) is 24.3 Å². The predicted octanol–water partition coefficient (Wildman–Crippen LogP) is 2.70. The van der Waals surface area contributed by atoms with Crippen LogP contribution in [0.15, 0.2) is 24.3 Å². The average Bonchev–Trinajstić information content (AvgIpc) is 2.59. The number of carboxylic acids is 1. The minimum absolute atomic E-state index is 0.0983. The van der Waals surface area contributed by atoms with Gasteiger partial charge in [0.1, 0.15) is 0 Å². The van der Waals surface area contributed by atoms with Crippen molar-refractivity contribution in [2.75, 3.05) is 6.54 Å². The number of aromatic carboxylic acids is 1. The number of nitrogens with one attached hydrogen (secondary N) is 2. The number of benzene rings is 1. The molecule has 1 aromatic rings. The van der Waals surface area contributed by atoms with E-state index < -0.39 is 11.5 Å². The molecule has 0 radical (unpaired) electrons. The third-order valence-electron chi connectivity index (χ3n) is 4.51. The average molecular weight is 318 g/mol. The number of carbonyl (C=O) groups is 2. The van der Waals surface area contributed by atoms with E-state index in [0.717, 1.165) is 37.7 Å². The molecule has 2 rings (SSSR count). The number of rotatable bonds is 7. The van der Waals surface area contributed by atoms with Crippen LogP contribution in [-0.2, 0) is 11.3 Å². The van der Waals surface area contributed by atoms with Crippen molar-refractivity contribution in [1.29, 1.82) is 0 Å². The van der Waals surface area contributed by atoms with Crippen molar-refractivity contribution in [1.82, 2.24) is 10.6 Å². The van der Waals surface area contributed by atoms with Crippen LogP contribution in [-0.4, -0.2) is 29.1 Å². The van der Waals surface area contributed by atoms with Gasteiger partial charge >= 0.3 is 5.97 Å². The summed E-state index contributed by atoms with van der Waals surface area (Å²) < 4.78 is 0. The summed E-state index contributed by atoms with van der Waals surface area (Å²) in [5.74, 6) is -0.826. The lowest BCUT2D eigenvalue weighted by atomic mass is 9.80. The Morgan fingerprint density at radius 2 is 1.78 bits per heavy atom. The first-order valence-electron chi connectivity index (χ1n) is 8.43. The molecule has 23 heavy (non-hydrogen) atoms. The van der Waals surface area contributed by atoms with Crippen LogP contribution in [0.2, 0.25) is 0 Å². The van der Waals surface area contributed by atoms with Crippen LogP contribution < -0.4 is 10.6 Å². The highest BCUT2D eigenvalue weighted by Crippen LogP contribution is 2.29. The molecule has 5 nitrogen and oxygen atoms in total. The van der Waals surface area contributed by atoms with Crippen molar-refractivity contribution >= 4 is 11.9 Å². The van der Waals surface area contributed by atoms with Gasteiger partial charge in [-0.2, -0.15) is 0 Å². The molecule has 0 unspecified atom stereocenters. The largest absolute Gasteiger partial charge is 0.478 e. The lowest BCUT2D eigenvalue weighted by Crippen LogP contribution is -2.57. The number of amides is 1. The highest BCUT2D eigenvalue weighted by molar-refractivity contribution is 5.87. The van der Waals surface area contributed by atoms with E-state index in [2.05, 4.69) is 10.6 Å². The number of hydrogen-bond acceptors (Lipinski definition) is 3. The van der Waals surface area contributed by atoms with Crippen molar-refractivity contribution in [3.8, 4) is 0 Å². The molecule has 1 aliphatic rings. The first kappa shape index (κ1) is 17.5. The summed E-state index contributed by atoms with van der Waals surface area (Å²) >= 11 is 0. The first-order valence-corrected chi connectivity index (χ1v) is 8.43. The van der Waals surface area contributed by atoms with Gasteiger partial charge in [-0.3, -0.25) is 10.1 Å². The molecule has 126 valence electrons. The Morgan fingerprint density at radius 3 is 2.35 bits per heavy atom. The SMILES string of the molecule is CCCNC(=O)C1(NCc2ccc(C(=O)O)cc2)CCCCC1. The molecule has 0 bridgehead atoms. The fourth-order valence-corrected chi connectivity index (χ4v) is 3.08. The van der Waals surface area contributed by atoms with Crippen LogP contribution in [0.5, 0.6) is 0 Å². The van der Waals surface area contributed by atoms with E-state index in [4.69, 9.17) is 5.11 Å². The van der Waals surface area contributed by atoms with Crippen LogP contribution in [0.1, 0.15) is 61.4 Å². The fraction of sp³-hybridized carbons (Fsp3) is 0.556. The molecule has 0 heterocycles. The van der Waals surface area contributed by atoms with Crippen molar-refractivity contribution in [2.45, 2.75) is 57.5 Å². The summed E-state index contributed by atoms with van der Waals surface area (Å²) in [6.45, 7) is 3.32. The maximum absolute atomic E-state index is 12.6. The Morgan fingerprint density at radius 1 is 1.13 bits per heavy atom. The van der Waals surface area contributed by atoms with Crippen LogP contribution in [0.3, 0.4) is 0 Å². The zero-order valence-corrected chi connectivity index (χ0v) is 13.7. The molecule has 0 aliphatic heterocycles. The lowest BCUT2D eigenvalue weighted by molar-refractivity contribution is -0.129. The van der Waals surface area contributed by atoms with Gasteiger partial charge in [0.25, 0.3) is 0 Å². The topological polar surface area (TPSA) is 78.4 Å². The van der Waals surface area contributed by atoms with Gasteiger partial charge in [0.2, 0.25) is 5.91 Å². The van der Waals surface area contributed by atoms with E-state index in [1.165, 1.54) is 6.42 Å². The minimum atomic E-state index is -0.924. The molecule has 1 amide bonds. The Balaban J connectivity index is 2.02. The summed E-state index contributed by atoms with van der Waals surface area (Å²) in [5.41, 5.74) is 0.781. The summed E-state index contributed by atoms with van der Waals surface area (Å²) in [5, 5.41) is 15.4. The summed E-state index contributed by atoms with van der Waals surface area (Å²) in [4.78, 5) is 23.5. The third-order valence-corrected chi connectivity index (χ3v) is 4.51. The Hall–Kier alpha value is -1.88. The van der Waals surface area contributed by atoms with Gasteiger partial charge in [0.05, 0.1) is 11.1 Å². The zero-order chi connectivity index (χ0) is 16.7. The second-order valence-electron chi connectivity index (χ2n) is 6.25. The van der Waals surface area contributed by atoms with Crippen molar-refractivity contribution in [3.63, 3.8) is 0 Å². The van der Waals surface area contributed by atoms with E-state index in [0.29, 0.717) is 13.1 Å². The molecule has 5 heteroatoms. The normalized spacial score (nSPS) is 16.7. The molecule has 0 aromatic heterocycles. The monoisotopic (exact) mass is 318 g/mol. The van der Waals surface area contributed by atoms with Crippen molar-refractivity contribution in [3.05, 3.63) is 35.4 Å². The van der Waals surface area contributed by atoms with Crippen LogP contribution in [0, 0.1) is 0 Å². The van der Waals surface area contributed by atoms with E-state index >= 15 is 0 Å². The molecule has 0 spiro atoms. The van der Waals surface area contributed by atoms with Gasteiger partial charge < -0.3 is 10.4 Å². The number of hydrogen-bond donors (Lipinski definition) is 3. The smallest absolute Gasteiger partial charge is 0.335 e. The number of carboxylic acid groups (broad SMARTS) is 1. The van der Waals surface area contributed by atoms with Gasteiger partial charge in [0, 0.05) is 13.1 Å². The van der Waals surface area contributed by atoms with E-state index in [1.807, 2.05) is 6.92 Å². The molecule has 1 saturated carbocycles. The second-order valence-corrected chi connectivity index (χ2v) is 6.25. The van der Waals surface area contributed by atoms with E-state index in [-0.39, 0.29) is 11.5 Å². The van der Waals surface area contributed by atoms with Crippen LogP contribution >= 0.6 is 0 Å². The van der Waals surface area contributed by atoms with Crippen LogP contribution in [0.4, 0.5) is 0 Å². The van der Waals surface area contributed by atoms with Gasteiger partial charge in [-0.25, -0.2) is 4.79 Å². The molecule has 0 atom stereocenters. The predicted molar refractivity (Wildman–Crippen MR) is 89.4 cm³/mol. The molecule has 1 aliphatic carbocycles. The maximum atomic E-state index is 12.6. The van der Waals surface area contributed by atoms with Gasteiger partial charge in [0.15, 0.2) is 0 Å². The molecule has 3 N–H and O–H groups in total. The molecule has 1 aromatic carbocycles. The molecular weight excluding hydrogens is 292 g/mol. The van der Waals surface area contributed by atoms with Crippen molar-refractivity contribution < 1.29 is 14.7 Å². The van der Waals surface area contributed by atoms with Gasteiger partial charge in [-0.15, -0.1) is 0 Å². The minimum Gasteiger partial charge on any atom is -0.478 e. The maximum Gasteiger partial charge on any atom is 0.335 e. The van der Waals surface area contributed by atoms with Gasteiger partial charge in [-0.1, -0.05) is 38.3 Å². The van der Waals surface area contributed by atoms with Crippen LogP contribution in [0.25, 0.3) is 0 Å². The highest BCUT2D eigenvalue weighted by Gasteiger charge is 2.38. The van der Waals surface area contributed by atoms with Gasteiger partial charge in [-0.05, 0) is 37.0 Å².